The highest BCUT2D eigenvalue weighted by Gasteiger charge is 2.33. The molecule has 3 unspecified atom stereocenters. The van der Waals surface area contributed by atoms with Crippen molar-refractivity contribution in [3.8, 4) is 0 Å². The maximum atomic E-state index is 11.6. The van der Waals surface area contributed by atoms with E-state index >= 15 is 0 Å². The zero-order chi connectivity index (χ0) is 14.4. The Morgan fingerprint density at radius 3 is 2.74 bits per heavy atom. The number of nitrogens with one attached hydrogen (secondary N) is 1. The van der Waals surface area contributed by atoms with Crippen LogP contribution >= 0.6 is 12.6 Å². The van der Waals surface area contributed by atoms with E-state index in [1.807, 2.05) is 0 Å². The van der Waals surface area contributed by atoms with Crippen LogP contribution in [0.1, 0.15) is 32.6 Å². The Kier molecular flexibility index (Phi) is 6.01. The zero-order valence-corrected chi connectivity index (χ0v) is 11.5. The Morgan fingerprint density at radius 1 is 1.58 bits per heavy atom. The van der Waals surface area contributed by atoms with Crippen LogP contribution in [0.3, 0.4) is 0 Å². The molecule has 0 heterocycles. The predicted octanol–water partition coefficient (Wildman–Crippen LogP) is 0.248. The minimum atomic E-state index is -0.960. The fourth-order valence-corrected chi connectivity index (χ4v) is 2.77. The van der Waals surface area contributed by atoms with Gasteiger partial charge in [0, 0.05) is 24.5 Å². The molecule has 1 rings (SSSR count). The number of ether oxygens (including phenoxy) is 1. The van der Waals surface area contributed by atoms with Gasteiger partial charge in [-0.1, -0.05) is 0 Å². The molecule has 1 amide bonds. The number of rotatable bonds is 6. The lowest BCUT2D eigenvalue weighted by Crippen LogP contribution is -2.43. The minimum Gasteiger partial charge on any atom is -0.394 e. The topological polar surface area (TPSA) is 89.5 Å². The van der Waals surface area contributed by atoms with Crippen LogP contribution in [0.4, 0.5) is 0 Å². The molecule has 1 N–H and O–H groups in total. The second-order valence-electron chi connectivity index (χ2n) is 4.55. The van der Waals surface area contributed by atoms with Gasteiger partial charge in [0.05, 0.1) is 0 Å². The summed E-state index contributed by atoms with van der Waals surface area (Å²) >= 11 is 4.34. The van der Waals surface area contributed by atoms with Gasteiger partial charge in [0.1, 0.15) is 11.8 Å². The van der Waals surface area contributed by atoms with E-state index in [1.54, 1.807) is 0 Å². The molecule has 1 saturated carbocycles. The lowest BCUT2D eigenvalue weighted by atomic mass is 9.97. The van der Waals surface area contributed by atoms with Crippen LogP contribution < -0.4 is 5.32 Å². The van der Waals surface area contributed by atoms with E-state index in [9.17, 15) is 19.2 Å². The Hall–Kier alpha value is -1.37. The molecular weight excluding hydrogens is 270 g/mol. The van der Waals surface area contributed by atoms with Gasteiger partial charge in [0.15, 0.2) is 0 Å². The van der Waals surface area contributed by atoms with Crippen molar-refractivity contribution in [1.82, 2.24) is 5.32 Å². The largest absolute Gasteiger partial charge is 0.394 e. The number of hydrogen-bond acceptors (Lipinski definition) is 6. The third-order valence-corrected chi connectivity index (χ3v) is 3.69. The third-order valence-electron chi connectivity index (χ3n) is 3.12. The summed E-state index contributed by atoms with van der Waals surface area (Å²) < 4.78 is 4.24. The van der Waals surface area contributed by atoms with E-state index in [1.165, 1.54) is 6.92 Å². The van der Waals surface area contributed by atoms with Gasteiger partial charge in [-0.3, -0.25) is 14.4 Å². The van der Waals surface area contributed by atoms with Crippen molar-refractivity contribution in [2.24, 2.45) is 5.92 Å². The third kappa shape index (κ3) is 4.66. The van der Waals surface area contributed by atoms with Crippen LogP contribution in [-0.4, -0.2) is 35.4 Å². The van der Waals surface area contributed by atoms with E-state index in [0.717, 1.165) is 12.8 Å². The summed E-state index contributed by atoms with van der Waals surface area (Å²) in [6.07, 6.45) is 2.25. The van der Waals surface area contributed by atoms with Gasteiger partial charge >= 0.3 is 12.4 Å². The van der Waals surface area contributed by atoms with Crippen LogP contribution in [0.5, 0.6) is 0 Å². The van der Waals surface area contributed by atoms with Crippen molar-refractivity contribution in [3.05, 3.63) is 0 Å². The molecule has 0 spiro atoms. The first-order valence-corrected chi connectivity index (χ1v) is 6.59. The van der Waals surface area contributed by atoms with E-state index in [4.69, 9.17) is 0 Å². The molecule has 0 radical (unpaired) electrons. The van der Waals surface area contributed by atoms with E-state index < -0.39 is 17.9 Å². The van der Waals surface area contributed by atoms with Crippen LogP contribution in [0.2, 0.25) is 0 Å². The number of carbonyl (C=O) groups excluding carboxylic acids is 4. The molecule has 3 atom stereocenters. The van der Waals surface area contributed by atoms with Gasteiger partial charge < -0.3 is 10.1 Å². The first-order chi connectivity index (χ1) is 8.95. The first-order valence-electron chi connectivity index (χ1n) is 6.07. The Labute approximate surface area is 116 Å². The average Bonchev–Trinajstić information content (AvgIpc) is 2.74. The molecule has 1 aliphatic carbocycles. The van der Waals surface area contributed by atoms with Gasteiger partial charge in [-0.2, -0.15) is 12.6 Å². The normalized spacial score (nSPS) is 21.6. The van der Waals surface area contributed by atoms with Crippen molar-refractivity contribution in [1.29, 1.82) is 0 Å². The highest BCUT2D eigenvalue weighted by atomic mass is 32.1. The molecule has 0 aliphatic heterocycles. The fourth-order valence-electron chi connectivity index (χ4n) is 2.24. The van der Waals surface area contributed by atoms with Gasteiger partial charge in [-0.05, 0) is 19.3 Å². The molecule has 0 aromatic carbocycles. The summed E-state index contributed by atoms with van der Waals surface area (Å²) in [6, 6.07) is -0.960. The Morgan fingerprint density at radius 2 is 2.26 bits per heavy atom. The monoisotopic (exact) mass is 287 g/mol. The van der Waals surface area contributed by atoms with E-state index in [0.29, 0.717) is 6.42 Å². The van der Waals surface area contributed by atoms with Crippen molar-refractivity contribution in [3.63, 3.8) is 0 Å². The molecule has 0 saturated heterocycles. The highest BCUT2D eigenvalue weighted by molar-refractivity contribution is 7.81. The Balaban J connectivity index is 2.64. The first kappa shape index (κ1) is 15.7. The quantitative estimate of drug-likeness (QED) is 0.316. The molecule has 1 fully saturated rings. The molecule has 6 nitrogen and oxygen atoms in total. The van der Waals surface area contributed by atoms with Crippen molar-refractivity contribution in [2.75, 3.05) is 0 Å². The van der Waals surface area contributed by atoms with Crippen LogP contribution in [0, 0.1) is 5.92 Å². The van der Waals surface area contributed by atoms with Gasteiger partial charge in [-0.25, -0.2) is 4.79 Å². The summed E-state index contributed by atoms with van der Waals surface area (Å²) in [5, 5.41) is 2.06. The number of carbonyl (C=O) groups is 4. The lowest BCUT2D eigenvalue weighted by Gasteiger charge is -2.22. The summed E-state index contributed by atoms with van der Waals surface area (Å²) in [6.45, 7) is 1.28. The molecule has 7 heteroatoms. The summed E-state index contributed by atoms with van der Waals surface area (Å²) in [4.78, 5) is 44.3. The summed E-state index contributed by atoms with van der Waals surface area (Å²) in [7, 11) is 0. The second kappa shape index (κ2) is 7.28. The van der Waals surface area contributed by atoms with Crippen LogP contribution in [0.15, 0.2) is 0 Å². The molecule has 1 aliphatic rings. The van der Waals surface area contributed by atoms with E-state index in [2.05, 4.69) is 22.7 Å². The standard InChI is InChI=1S/C12H17NO5S/c1-7(15)13-9(12(17)18-6-14)5-11(19)8-3-2-4-10(8)16/h6,8-9,11,19H,2-5H2,1H3,(H,13,15). The minimum absolute atomic E-state index is 0.0192. The molecule has 0 aromatic heterocycles. The molecule has 0 bridgehead atoms. The highest BCUT2D eigenvalue weighted by Crippen LogP contribution is 2.29. The zero-order valence-electron chi connectivity index (χ0n) is 10.6. The number of thiol groups is 1. The number of esters is 1. The number of Topliss-reactive ketones (excluding diaryl/α,β-unsaturated/α-hetero) is 1. The average molecular weight is 287 g/mol. The maximum Gasteiger partial charge on any atom is 0.336 e. The van der Waals surface area contributed by atoms with E-state index in [-0.39, 0.29) is 29.8 Å². The van der Waals surface area contributed by atoms with Crippen LogP contribution in [-0.2, 0) is 23.9 Å². The van der Waals surface area contributed by atoms with Crippen LogP contribution in [0.25, 0.3) is 0 Å². The smallest absolute Gasteiger partial charge is 0.336 e. The molecule has 0 aromatic rings. The molecular formula is C12H17NO5S. The number of hydrogen-bond donors (Lipinski definition) is 2. The van der Waals surface area contributed by atoms with Crippen molar-refractivity contribution in [2.45, 2.75) is 43.9 Å². The maximum absolute atomic E-state index is 11.6. The lowest BCUT2D eigenvalue weighted by molar-refractivity contribution is -0.154. The summed E-state index contributed by atoms with van der Waals surface area (Å²) in [5.74, 6) is -1.32. The Bertz CT molecular complexity index is 384. The number of ketones is 1. The van der Waals surface area contributed by atoms with Gasteiger partial charge in [0.25, 0.3) is 0 Å². The van der Waals surface area contributed by atoms with Gasteiger partial charge in [-0.15, -0.1) is 0 Å². The SMILES string of the molecule is CC(=O)NC(CC(S)C1CCCC1=O)C(=O)OC=O. The predicted molar refractivity (Wildman–Crippen MR) is 69.5 cm³/mol. The van der Waals surface area contributed by atoms with Gasteiger partial charge in [0.2, 0.25) is 5.91 Å². The van der Waals surface area contributed by atoms with Crippen molar-refractivity contribution >= 4 is 36.8 Å². The number of amides is 1. The summed E-state index contributed by atoms with van der Waals surface area (Å²) in [5.41, 5.74) is 0. The molecule has 19 heavy (non-hydrogen) atoms. The van der Waals surface area contributed by atoms with Crippen molar-refractivity contribution < 1.29 is 23.9 Å². The second-order valence-corrected chi connectivity index (χ2v) is 5.22. The fraction of sp³-hybridized carbons (Fsp3) is 0.667. The molecule has 106 valence electrons.